The van der Waals surface area contributed by atoms with Crippen LogP contribution in [-0.2, 0) is 6.42 Å². The Balaban J connectivity index is 3.07. The molecule has 71 valence electrons. The van der Waals surface area contributed by atoms with Crippen LogP contribution in [0.3, 0.4) is 0 Å². The molecule has 0 fully saturated rings. The fraction of sp³-hybridized carbons (Fsp3) is 0.364. The van der Waals surface area contributed by atoms with Crippen LogP contribution >= 0.6 is 0 Å². The predicted octanol–water partition coefficient (Wildman–Crippen LogP) is 3.28. The van der Waals surface area contributed by atoms with Crippen LogP contribution in [0.15, 0.2) is 18.2 Å². The largest absolute Gasteiger partial charge is 0.250 e. The van der Waals surface area contributed by atoms with Gasteiger partial charge < -0.3 is 0 Å². The maximum Gasteiger partial charge on any atom is 0.123 e. The van der Waals surface area contributed by atoms with Crippen molar-refractivity contribution in [3.05, 3.63) is 42.1 Å². The molecule has 0 saturated carbocycles. The van der Waals surface area contributed by atoms with Gasteiger partial charge in [0.25, 0.3) is 0 Å². The molecule has 0 amide bonds. The van der Waals surface area contributed by atoms with Crippen molar-refractivity contribution in [2.75, 3.05) is 6.67 Å². The number of rotatable bonds is 3. The average Bonchev–Trinajstić information content (AvgIpc) is 2.16. The summed E-state index contributed by atoms with van der Waals surface area (Å²) in [6.45, 7) is 5.05. The highest BCUT2D eigenvalue weighted by Crippen LogP contribution is 2.21. The van der Waals surface area contributed by atoms with Crippen molar-refractivity contribution in [3.8, 4) is 0 Å². The molecule has 0 heterocycles. The summed E-state index contributed by atoms with van der Waals surface area (Å²) >= 11 is 0. The van der Waals surface area contributed by atoms with E-state index in [-0.39, 0.29) is 5.82 Å². The van der Waals surface area contributed by atoms with Gasteiger partial charge >= 0.3 is 0 Å². The van der Waals surface area contributed by atoms with Crippen molar-refractivity contribution >= 4 is 0 Å². The van der Waals surface area contributed by atoms with Gasteiger partial charge in [-0.2, -0.15) is 0 Å². The van der Waals surface area contributed by atoms with Gasteiger partial charge in [0.2, 0.25) is 0 Å². The lowest BCUT2D eigenvalue weighted by atomic mass is 9.95. The zero-order valence-electron chi connectivity index (χ0n) is 7.69. The Bertz CT molecular complexity index is 281. The normalized spacial score (nSPS) is 12.9. The zero-order valence-corrected chi connectivity index (χ0v) is 7.69. The van der Waals surface area contributed by atoms with Gasteiger partial charge in [-0.1, -0.05) is 13.0 Å². The van der Waals surface area contributed by atoms with Crippen molar-refractivity contribution < 1.29 is 8.78 Å². The third-order valence-electron chi connectivity index (χ3n) is 2.11. The fourth-order valence-corrected chi connectivity index (χ4v) is 1.35. The van der Waals surface area contributed by atoms with Crippen LogP contribution < -0.4 is 0 Å². The standard InChI is InChI=1S/C11H13F2/c1-3-9-4-5-10(13)6-11(9)8(2)7-12/h4-6,8H,2-3,7H2,1H3. The topological polar surface area (TPSA) is 0 Å². The van der Waals surface area contributed by atoms with Gasteiger partial charge in [-0.3, -0.25) is 4.39 Å². The van der Waals surface area contributed by atoms with Crippen LogP contribution in [0.5, 0.6) is 0 Å². The van der Waals surface area contributed by atoms with Crippen molar-refractivity contribution in [1.29, 1.82) is 0 Å². The smallest absolute Gasteiger partial charge is 0.123 e. The summed E-state index contributed by atoms with van der Waals surface area (Å²) in [6.07, 6.45) is 0.779. The maximum absolute atomic E-state index is 12.8. The number of benzene rings is 1. The summed E-state index contributed by atoms with van der Waals surface area (Å²) in [7, 11) is 0. The first kappa shape index (κ1) is 10.2. The second-order valence-electron chi connectivity index (χ2n) is 3.05. The fourth-order valence-electron chi connectivity index (χ4n) is 1.35. The van der Waals surface area contributed by atoms with E-state index < -0.39 is 12.6 Å². The Morgan fingerprint density at radius 2 is 2.15 bits per heavy atom. The van der Waals surface area contributed by atoms with Gasteiger partial charge in [-0.25, -0.2) is 4.39 Å². The van der Waals surface area contributed by atoms with Crippen molar-refractivity contribution in [1.82, 2.24) is 0 Å². The van der Waals surface area contributed by atoms with Crippen molar-refractivity contribution in [2.45, 2.75) is 19.3 Å². The second kappa shape index (κ2) is 4.35. The first-order chi connectivity index (χ1) is 6.19. The molecule has 1 aromatic carbocycles. The molecule has 0 aliphatic heterocycles. The number of hydrogen-bond donors (Lipinski definition) is 0. The lowest BCUT2D eigenvalue weighted by Crippen LogP contribution is -2.01. The summed E-state index contributed by atoms with van der Waals surface area (Å²) in [6, 6.07) is 4.46. The molecule has 0 aromatic heterocycles. The molecule has 0 aliphatic rings. The molecule has 0 N–H and O–H groups in total. The lowest BCUT2D eigenvalue weighted by Gasteiger charge is -2.12. The molecule has 0 saturated heterocycles. The maximum atomic E-state index is 12.8. The van der Waals surface area contributed by atoms with E-state index in [4.69, 9.17) is 0 Å². The highest BCUT2D eigenvalue weighted by molar-refractivity contribution is 5.31. The molecule has 0 spiro atoms. The Kier molecular flexibility index (Phi) is 3.40. The summed E-state index contributed by atoms with van der Waals surface area (Å²) in [5, 5.41) is 0. The molecule has 2 heteroatoms. The Labute approximate surface area is 77.6 Å². The SMILES string of the molecule is [CH2]C(CF)c1cc(F)ccc1CC. The zero-order chi connectivity index (χ0) is 9.84. The quantitative estimate of drug-likeness (QED) is 0.674. The monoisotopic (exact) mass is 183 g/mol. The van der Waals surface area contributed by atoms with Crippen LogP contribution in [0.4, 0.5) is 8.78 Å². The van der Waals surface area contributed by atoms with Gasteiger partial charge in [0.05, 0.1) is 6.67 Å². The molecular formula is C11H13F2. The Hall–Kier alpha value is -0.920. The van der Waals surface area contributed by atoms with Crippen LogP contribution in [0.2, 0.25) is 0 Å². The Morgan fingerprint density at radius 1 is 1.46 bits per heavy atom. The Morgan fingerprint density at radius 3 is 2.69 bits per heavy atom. The molecule has 1 rings (SSSR count). The first-order valence-corrected chi connectivity index (χ1v) is 4.36. The molecule has 0 nitrogen and oxygen atoms in total. The van der Waals surface area contributed by atoms with E-state index in [0.717, 1.165) is 12.0 Å². The average molecular weight is 183 g/mol. The van der Waals surface area contributed by atoms with E-state index in [2.05, 4.69) is 6.92 Å². The highest BCUT2D eigenvalue weighted by Gasteiger charge is 2.10. The summed E-state index contributed by atoms with van der Waals surface area (Å²) in [4.78, 5) is 0. The summed E-state index contributed by atoms with van der Waals surface area (Å²) in [5.41, 5.74) is 1.66. The van der Waals surface area contributed by atoms with E-state index in [0.29, 0.717) is 5.56 Å². The molecule has 13 heavy (non-hydrogen) atoms. The first-order valence-electron chi connectivity index (χ1n) is 4.36. The van der Waals surface area contributed by atoms with Gasteiger partial charge in [0.15, 0.2) is 0 Å². The minimum atomic E-state index is -0.545. The predicted molar refractivity (Wildman–Crippen MR) is 49.9 cm³/mol. The van der Waals surface area contributed by atoms with E-state index in [9.17, 15) is 8.78 Å². The van der Waals surface area contributed by atoms with E-state index >= 15 is 0 Å². The van der Waals surface area contributed by atoms with Crippen LogP contribution in [0.1, 0.15) is 24.0 Å². The number of halogens is 2. The molecule has 1 atom stereocenters. The molecule has 0 bridgehead atoms. The van der Waals surface area contributed by atoms with Crippen molar-refractivity contribution in [2.24, 2.45) is 0 Å². The highest BCUT2D eigenvalue weighted by atomic mass is 19.1. The van der Waals surface area contributed by atoms with Gasteiger partial charge in [-0.05, 0) is 36.6 Å². The molecule has 1 unspecified atom stereocenters. The van der Waals surface area contributed by atoms with E-state index in [1.165, 1.54) is 12.1 Å². The molecule has 1 radical (unpaired) electrons. The summed E-state index contributed by atoms with van der Waals surface area (Å²) < 4.78 is 25.2. The van der Waals surface area contributed by atoms with Crippen LogP contribution in [-0.4, -0.2) is 6.67 Å². The summed E-state index contributed by atoms with van der Waals surface area (Å²) in [5.74, 6) is -0.778. The molecule has 0 aliphatic carbocycles. The van der Waals surface area contributed by atoms with Crippen LogP contribution in [0.25, 0.3) is 0 Å². The second-order valence-corrected chi connectivity index (χ2v) is 3.05. The number of hydrogen-bond acceptors (Lipinski definition) is 0. The number of alkyl halides is 1. The van der Waals surface area contributed by atoms with Crippen molar-refractivity contribution in [3.63, 3.8) is 0 Å². The van der Waals surface area contributed by atoms with E-state index in [1.807, 2.05) is 6.92 Å². The number of aryl methyl sites for hydroxylation is 1. The van der Waals surface area contributed by atoms with Crippen LogP contribution in [0, 0.1) is 12.7 Å². The third kappa shape index (κ3) is 2.27. The van der Waals surface area contributed by atoms with Gasteiger partial charge in [-0.15, -0.1) is 0 Å². The molecular weight excluding hydrogens is 170 g/mol. The van der Waals surface area contributed by atoms with E-state index in [1.54, 1.807) is 6.07 Å². The van der Waals surface area contributed by atoms with Gasteiger partial charge in [0, 0.05) is 5.92 Å². The lowest BCUT2D eigenvalue weighted by molar-refractivity contribution is 0.463. The minimum Gasteiger partial charge on any atom is -0.250 e. The third-order valence-corrected chi connectivity index (χ3v) is 2.11. The minimum absolute atomic E-state index is 0.325. The van der Waals surface area contributed by atoms with Gasteiger partial charge in [0.1, 0.15) is 5.82 Å². The molecule has 1 aromatic rings.